The molecule has 1 aromatic heterocycles. The number of ether oxygens (including phenoxy) is 1. The SMILES string of the molecule is CC[C@H](OC(=O)N[C@@H](C)c1cccnc1)c1ccc(C(=O)Nc2ccccc2S)cc1. The van der Waals surface area contributed by atoms with Crippen LogP contribution in [0.5, 0.6) is 0 Å². The van der Waals surface area contributed by atoms with E-state index in [0.29, 0.717) is 22.6 Å². The normalized spacial score (nSPS) is 12.5. The van der Waals surface area contributed by atoms with Gasteiger partial charge in [0.2, 0.25) is 0 Å². The number of rotatable bonds is 7. The molecule has 0 bridgehead atoms. The van der Waals surface area contributed by atoms with Gasteiger partial charge in [0.15, 0.2) is 0 Å². The third kappa shape index (κ3) is 6.08. The van der Waals surface area contributed by atoms with Crippen molar-refractivity contribution in [2.75, 3.05) is 5.32 Å². The summed E-state index contributed by atoms with van der Waals surface area (Å²) >= 11 is 4.35. The molecular weight excluding hydrogens is 410 g/mol. The Balaban J connectivity index is 1.61. The summed E-state index contributed by atoms with van der Waals surface area (Å²) in [5.74, 6) is -0.231. The zero-order valence-electron chi connectivity index (χ0n) is 17.4. The Morgan fingerprint density at radius 2 is 1.77 bits per heavy atom. The molecule has 2 amide bonds. The summed E-state index contributed by atoms with van der Waals surface area (Å²) in [4.78, 5) is 29.6. The number of para-hydroxylation sites is 1. The van der Waals surface area contributed by atoms with E-state index in [4.69, 9.17) is 4.74 Å². The molecule has 7 heteroatoms. The Morgan fingerprint density at radius 3 is 2.42 bits per heavy atom. The summed E-state index contributed by atoms with van der Waals surface area (Å²) in [6.07, 6.45) is 3.07. The fraction of sp³-hybridized carbons (Fsp3) is 0.208. The van der Waals surface area contributed by atoms with Gasteiger partial charge in [-0.15, -0.1) is 12.6 Å². The lowest BCUT2D eigenvalue weighted by atomic mass is 10.0. The second kappa shape index (κ2) is 10.6. The summed E-state index contributed by atoms with van der Waals surface area (Å²) in [7, 11) is 0. The van der Waals surface area contributed by atoms with Crippen molar-refractivity contribution < 1.29 is 14.3 Å². The van der Waals surface area contributed by atoms with E-state index in [1.165, 1.54) is 0 Å². The van der Waals surface area contributed by atoms with Crippen LogP contribution in [-0.2, 0) is 4.74 Å². The molecule has 0 fully saturated rings. The van der Waals surface area contributed by atoms with Crippen LogP contribution in [0.4, 0.5) is 10.5 Å². The average molecular weight is 436 g/mol. The zero-order valence-corrected chi connectivity index (χ0v) is 18.3. The van der Waals surface area contributed by atoms with Crippen molar-refractivity contribution in [2.24, 2.45) is 0 Å². The van der Waals surface area contributed by atoms with Crippen molar-refractivity contribution in [2.45, 2.75) is 37.3 Å². The molecule has 2 N–H and O–H groups in total. The number of anilines is 1. The maximum absolute atomic E-state index is 12.5. The minimum atomic E-state index is -0.504. The van der Waals surface area contributed by atoms with Gasteiger partial charge in [-0.2, -0.15) is 0 Å². The van der Waals surface area contributed by atoms with Crippen LogP contribution in [0.1, 0.15) is 53.9 Å². The number of nitrogens with one attached hydrogen (secondary N) is 2. The Morgan fingerprint density at radius 1 is 1.03 bits per heavy atom. The number of nitrogens with zero attached hydrogens (tertiary/aromatic N) is 1. The highest BCUT2D eigenvalue weighted by Crippen LogP contribution is 2.23. The van der Waals surface area contributed by atoms with E-state index in [-0.39, 0.29) is 11.9 Å². The Bertz CT molecular complexity index is 1030. The molecule has 0 spiro atoms. The smallest absolute Gasteiger partial charge is 0.408 e. The fourth-order valence-corrected chi connectivity index (χ4v) is 3.28. The molecule has 0 saturated heterocycles. The molecule has 0 saturated carbocycles. The molecule has 160 valence electrons. The molecule has 3 aromatic rings. The van der Waals surface area contributed by atoms with Crippen molar-refractivity contribution in [1.29, 1.82) is 0 Å². The molecule has 0 aliphatic rings. The zero-order chi connectivity index (χ0) is 22.2. The van der Waals surface area contributed by atoms with Crippen LogP contribution >= 0.6 is 12.6 Å². The van der Waals surface area contributed by atoms with Crippen LogP contribution in [0.15, 0.2) is 78.0 Å². The lowest BCUT2D eigenvalue weighted by Gasteiger charge is -2.20. The highest BCUT2D eigenvalue weighted by Gasteiger charge is 2.18. The Kier molecular flexibility index (Phi) is 7.67. The second-order valence-electron chi connectivity index (χ2n) is 7.05. The summed E-state index contributed by atoms with van der Waals surface area (Å²) in [6.45, 7) is 3.81. The van der Waals surface area contributed by atoms with E-state index in [1.54, 1.807) is 42.7 Å². The number of benzene rings is 2. The van der Waals surface area contributed by atoms with Gasteiger partial charge in [0.1, 0.15) is 6.10 Å². The fourth-order valence-electron chi connectivity index (χ4n) is 3.07. The minimum absolute atomic E-state index is 0.223. The maximum Gasteiger partial charge on any atom is 0.408 e. The third-order valence-electron chi connectivity index (χ3n) is 4.84. The number of thiol groups is 1. The number of carbonyl (C=O) groups excluding carboxylic acids is 2. The predicted molar refractivity (Wildman–Crippen MR) is 123 cm³/mol. The van der Waals surface area contributed by atoms with Crippen molar-refractivity contribution in [3.63, 3.8) is 0 Å². The van der Waals surface area contributed by atoms with Crippen LogP contribution < -0.4 is 10.6 Å². The standard InChI is InChI=1S/C24H25N3O3S/c1-3-21(30-24(29)26-16(2)19-7-6-14-25-15-19)17-10-12-18(13-11-17)23(28)27-20-8-4-5-9-22(20)31/h4-16,21,31H,3H2,1-2H3,(H,26,29)(H,27,28)/t16-,21-/m0/s1. The van der Waals surface area contributed by atoms with Crippen molar-refractivity contribution >= 4 is 30.3 Å². The molecule has 3 rings (SSSR count). The first-order valence-corrected chi connectivity index (χ1v) is 10.5. The minimum Gasteiger partial charge on any atom is -0.441 e. The van der Waals surface area contributed by atoms with Crippen LogP contribution in [0.3, 0.4) is 0 Å². The maximum atomic E-state index is 12.5. The van der Waals surface area contributed by atoms with Crippen LogP contribution in [0.25, 0.3) is 0 Å². The van der Waals surface area contributed by atoms with Gasteiger partial charge in [-0.3, -0.25) is 9.78 Å². The molecule has 0 unspecified atom stereocenters. The number of hydrogen-bond donors (Lipinski definition) is 3. The number of hydrogen-bond acceptors (Lipinski definition) is 5. The first kappa shape index (κ1) is 22.4. The molecule has 1 heterocycles. The lowest BCUT2D eigenvalue weighted by Crippen LogP contribution is -2.28. The van der Waals surface area contributed by atoms with E-state index in [2.05, 4.69) is 28.2 Å². The molecule has 0 aliphatic heterocycles. The summed E-state index contributed by atoms with van der Waals surface area (Å²) in [6, 6.07) is 17.8. The molecular formula is C24H25N3O3S. The van der Waals surface area contributed by atoms with E-state index in [0.717, 1.165) is 11.1 Å². The van der Waals surface area contributed by atoms with Gasteiger partial charge in [0.25, 0.3) is 5.91 Å². The van der Waals surface area contributed by atoms with Crippen LogP contribution in [0.2, 0.25) is 0 Å². The molecule has 2 atom stereocenters. The van der Waals surface area contributed by atoms with Gasteiger partial charge in [0, 0.05) is 22.9 Å². The van der Waals surface area contributed by atoms with Crippen LogP contribution in [-0.4, -0.2) is 17.0 Å². The largest absolute Gasteiger partial charge is 0.441 e. The molecule has 2 aromatic carbocycles. The van der Waals surface area contributed by atoms with Crippen molar-refractivity contribution in [3.05, 3.63) is 89.7 Å². The van der Waals surface area contributed by atoms with Crippen molar-refractivity contribution in [3.8, 4) is 0 Å². The second-order valence-corrected chi connectivity index (χ2v) is 7.53. The quantitative estimate of drug-likeness (QED) is 0.424. The first-order valence-electron chi connectivity index (χ1n) is 10.0. The van der Waals surface area contributed by atoms with Gasteiger partial charge in [-0.1, -0.05) is 37.3 Å². The molecule has 31 heavy (non-hydrogen) atoms. The van der Waals surface area contributed by atoms with Crippen molar-refractivity contribution in [1.82, 2.24) is 10.3 Å². The highest BCUT2D eigenvalue weighted by atomic mass is 32.1. The number of alkyl carbamates (subject to hydrolysis) is 1. The monoisotopic (exact) mass is 435 g/mol. The van der Waals surface area contributed by atoms with E-state index < -0.39 is 12.2 Å². The molecule has 0 aliphatic carbocycles. The van der Waals surface area contributed by atoms with E-state index in [1.807, 2.05) is 44.2 Å². The summed E-state index contributed by atoms with van der Waals surface area (Å²) in [5.41, 5.74) is 2.86. The van der Waals surface area contributed by atoms with Gasteiger partial charge < -0.3 is 15.4 Å². The Labute approximate surface area is 187 Å². The highest BCUT2D eigenvalue weighted by molar-refractivity contribution is 7.80. The number of aromatic nitrogens is 1. The lowest BCUT2D eigenvalue weighted by molar-refractivity contribution is 0.0924. The molecule has 6 nitrogen and oxygen atoms in total. The first-order chi connectivity index (χ1) is 15.0. The Hall–Kier alpha value is -3.32. The summed E-state index contributed by atoms with van der Waals surface area (Å²) in [5, 5.41) is 5.66. The topological polar surface area (TPSA) is 80.3 Å². The average Bonchev–Trinajstić information content (AvgIpc) is 2.79. The number of amides is 2. The van der Waals surface area contributed by atoms with Gasteiger partial charge in [-0.25, -0.2) is 4.79 Å². The van der Waals surface area contributed by atoms with Gasteiger partial charge in [-0.05, 0) is 54.8 Å². The van der Waals surface area contributed by atoms with Gasteiger partial charge in [0.05, 0.1) is 11.7 Å². The van der Waals surface area contributed by atoms with Gasteiger partial charge >= 0.3 is 6.09 Å². The predicted octanol–water partition coefficient (Wildman–Crippen LogP) is 5.56. The number of pyridine rings is 1. The molecule has 0 radical (unpaired) electrons. The van der Waals surface area contributed by atoms with E-state index in [9.17, 15) is 9.59 Å². The van der Waals surface area contributed by atoms with Crippen LogP contribution in [0, 0.1) is 0 Å². The number of carbonyl (C=O) groups is 2. The van der Waals surface area contributed by atoms with E-state index >= 15 is 0 Å². The third-order valence-corrected chi connectivity index (χ3v) is 5.23. The summed E-state index contributed by atoms with van der Waals surface area (Å²) < 4.78 is 5.61.